The number of nitrogens with two attached hydrogens (primary N) is 1. The first kappa shape index (κ1) is 23.7. The van der Waals surface area contributed by atoms with E-state index in [-0.39, 0.29) is 12.0 Å². The number of rotatable bonds is 1. The third kappa shape index (κ3) is 6.10. The lowest BCUT2D eigenvalue weighted by molar-refractivity contribution is -0.127. The van der Waals surface area contributed by atoms with E-state index in [1.165, 1.54) is 13.8 Å². The average molecular weight is 406 g/mol. The van der Waals surface area contributed by atoms with E-state index in [9.17, 15) is 0 Å². The molecule has 1 fully saturated rings. The highest BCUT2D eigenvalue weighted by molar-refractivity contribution is 6.31. The molecule has 4 N–H and O–H groups in total. The highest BCUT2D eigenvalue weighted by Gasteiger charge is 2.28. The molecule has 8 heteroatoms. The number of aliphatic hydroxyl groups is 2. The van der Waals surface area contributed by atoms with Crippen LogP contribution < -0.4 is 5.73 Å². The molecule has 152 valence electrons. The second-order valence-electron chi connectivity index (χ2n) is 6.68. The second kappa shape index (κ2) is 10.3. The Kier molecular flexibility index (Phi) is 8.71. The number of nitriles is 1. The molecule has 1 aliphatic carbocycles. The number of nitrogen functional groups attached to an aromatic ring is 1. The highest BCUT2D eigenvalue weighted by Crippen LogP contribution is 2.37. The molecule has 28 heavy (non-hydrogen) atoms. The first-order valence-electron chi connectivity index (χ1n) is 9.24. The van der Waals surface area contributed by atoms with Crippen LogP contribution in [-0.2, 0) is 0 Å². The van der Waals surface area contributed by atoms with Crippen LogP contribution in [0.3, 0.4) is 0 Å². The summed E-state index contributed by atoms with van der Waals surface area (Å²) in [6.07, 6.45) is 4.40. The van der Waals surface area contributed by atoms with Crippen LogP contribution in [0.1, 0.15) is 65.5 Å². The van der Waals surface area contributed by atoms with Gasteiger partial charge < -0.3 is 20.5 Å². The van der Waals surface area contributed by atoms with E-state index in [2.05, 4.69) is 27.9 Å². The van der Waals surface area contributed by atoms with Gasteiger partial charge in [0.25, 0.3) is 0 Å². The molecule has 0 saturated heterocycles. The van der Waals surface area contributed by atoms with E-state index in [1.807, 2.05) is 18.4 Å². The van der Waals surface area contributed by atoms with Crippen molar-refractivity contribution in [2.45, 2.75) is 65.7 Å². The Labute approximate surface area is 171 Å². The molecule has 1 unspecified atom stereocenters. The summed E-state index contributed by atoms with van der Waals surface area (Å²) in [5.41, 5.74) is 8.40. The zero-order chi connectivity index (χ0) is 21.5. The van der Waals surface area contributed by atoms with Crippen molar-refractivity contribution in [3.8, 4) is 17.9 Å². The van der Waals surface area contributed by atoms with Crippen molar-refractivity contribution in [1.82, 2.24) is 14.5 Å². The molecule has 2 aromatic rings. The first-order chi connectivity index (χ1) is 13.2. The number of fused-ring (bicyclic) bond motifs is 1. The maximum atomic E-state index is 9.03. The molecule has 0 amide bonds. The van der Waals surface area contributed by atoms with Crippen molar-refractivity contribution in [2.75, 3.05) is 5.73 Å². The van der Waals surface area contributed by atoms with Crippen molar-refractivity contribution in [3.63, 3.8) is 0 Å². The van der Waals surface area contributed by atoms with Gasteiger partial charge >= 0.3 is 0 Å². The van der Waals surface area contributed by atoms with Gasteiger partial charge in [-0.2, -0.15) is 5.26 Å². The predicted octanol–water partition coefficient (Wildman–Crippen LogP) is 3.64. The number of pyridine rings is 1. The molecule has 2 aromatic heterocycles. The lowest BCUT2D eigenvalue weighted by Gasteiger charge is -2.12. The van der Waals surface area contributed by atoms with Crippen LogP contribution in [0.4, 0.5) is 5.69 Å². The molecule has 3 rings (SSSR count). The lowest BCUT2D eigenvalue weighted by Crippen LogP contribution is -2.15. The lowest BCUT2D eigenvalue weighted by atomic mass is 10.1. The fourth-order valence-electron chi connectivity index (χ4n) is 2.87. The highest BCUT2D eigenvalue weighted by atomic mass is 35.5. The van der Waals surface area contributed by atoms with Crippen molar-refractivity contribution in [3.05, 3.63) is 17.0 Å². The standard InChI is InChI=1S/C15H14ClN5.C3H8O2.C2H6/c1-2-3-11-12(18)13-15(20-14(11)16)21(8-19-13)10-5-4-9(6-10)7-17;1-3(2,4)5;1-2/h8-10H,4-6H2,1H3,(H2,18,20);4-5H,1-2H3;1-2H3/t9?,10-;;/m0../s1. The van der Waals surface area contributed by atoms with Gasteiger partial charge in [-0.15, -0.1) is 5.92 Å². The Bertz CT molecular complexity index is 894. The minimum absolute atomic E-state index is 0.102. The van der Waals surface area contributed by atoms with Crippen molar-refractivity contribution < 1.29 is 10.2 Å². The molecule has 0 radical (unpaired) electrons. The Morgan fingerprint density at radius 1 is 1.32 bits per heavy atom. The number of hydrogen-bond donors (Lipinski definition) is 3. The molecule has 2 atom stereocenters. The van der Waals surface area contributed by atoms with Crippen molar-refractivity contribution >= 4 is 28.5 Å². The quantitative estimate of drug-likeness (QED) is 0.378. The normalized spacial score (nSPS) is 18.1. The number of hydrogen-bond acceptors (Lipinski definition) is 6. The summed E-state index contributed by atoms with van der Waals surface area (Å²) in [5, 5.41) is 25.5. The average Bonchev–Trinajstić information content (AvgIpc) is 3.25. The number of halogens is 1. The van der Waals surface area contributed by atoms with Crippen LogP contribution in [-0.4, -0.2) is 30.5 Å². The van der Waals surface area contributed by atoms with Gasteiger partial charge in [0, 0.05) is 12.0 Å². The van der Waals surface area contributed by atoms with Crippen LogP contribution >= 0.6 is 11.6 Å². The van der Waals surface area contributed by atoms with E-state index >= 15 is 0 Å². The van der Waals surface area contributed by atoms with Gasteiger partial charge in [-0.3, -0.25) is 0 Å². The second-order valence-corrected chi connectivity index (χ2v) is 7.04. The fraction of sp³-hybridized carbons (Fsp3) is 0.550. The topological polar surface area (TPSA) is 121 Å². The third-order valence-corrected chi connectivity index (χ3v) is 4.21. The van der Waals surface area contributed by atoms with Crippen molar-refractivity contribution in [1.29, 1.82) is 5.26 Å². The van der Waals surface area contributed by atoms with Crippen LogP contribution in [0.5, 0.6) is 0 Å². The molecule has 0 aromatic carbocycles. The number of anilines is 1. The third-order valence-electron chi connectivity index (χ3n) is 3.93. The van der Waals surface area contributed by atoms with Gasteiger partial charge in [0.2, 0.25) is 0 Å². The maximum Gasteiger partial charge on any atom is 0.164 e. The van der Waals surface area contributed by atoms with E-state index in [4.69, 9.17) is 32.8 Å². The largest absolute Gasteiger partial charge is 0.396 e. The van der Waals surface area contributed by atoms with E-state index in [1.54, 1.807) is 13.3 Å². The van der Waals surface area contributed by atoms with E-state index < -0.39 is 5.79 Å². The van der Waals surface area contributed by atoms with E-state index in [0.29, 0.717) is 27.6 Å². The summed E-state index contributed by atoms with van der Waals surface area (Å²) >= 11 is 6.19. The van der Waals surface area contributed by atoms with Gasteiger partial charge in [-0.25, -0.2) is 9.97 Å². The summed E-state index contributed by atoms with van der Waals surface area (Å²) in [4.78, 5) is 8.77. The van der Waals surface area contributed by atoms with Gasteiger partial charge in [-0.1, -0.05) is 31.4 Å². The zero-order valence-corrected chi connectivity index (χ0v) is 17.7. The SMILES string of the molecule is CC.CC#Cc1c(Cl)nc2c(ncn2[C@H]2CCC(C#N)C2)c1N.CC(C)(O)O. The molecule has 2 heterocycles. The molecule has 0 spiro atoms. The van der Waals surface area contributed by atoms with Gasteiger partial charge in [0.15, 0.2) is 11.4 Å². The van der Waals surface area contributed by atoms with Gasteiger partial charge in [0.1, 0.15) is 10.7 Å². The zero-order valence-electron chi connectivity index (χ0n) is 17.0. The summed E-state index contributed by atoms with van der Waals surface area (Å²) in [6, 6.07) is 2.56. The molecule has 1 aliphatic rings. The van der Waals surface area contributed by atoms with Crippen LogP contribution in [0.25, 0.3) is 11.2 Å². The van der Waals surface area contributed by atoms with Gasteiger partial charge in [0.05, 0.1) is 23.6 Å². The summed E-state index contributed by atoms with van der Waals surface area (Å²) in [5.74, 6) is 4.25. The fourth-order valence-corrected chi connectivity index (χ4v) is 3.10. The summed E-state index contributed by atoms with van der Waals surface area (Å²) in [6.45, 7) is 8.32. The van der Waals surface area contributed by atoms with Crippen LogP contribution in [0.2, 0.25) is 5.15 Å². The Morgan fingerprint density at radius 3 is 2.43 bits per heavy atom. The van der Waals surface area contributed by atoms with Crippen molar-refractivity contribution in [2.24, 2.45) is 5.92 Å². The molecule has 1 saturated carbocycles. The van der Waals surface area contributed by atoms with E-state index in [0.717, 1.165) is 19.3 Å². The smallest absolute Gasteiger partial charge is 0.164 e. The minimum Gasteiger partial charge on any atom is -0.396 e. The maximum absolute atomic E-state index is 9.03. The molecule has 7 nitrogen and oxygen atoms in total. The summed E-state index contributed by atoms with van der Waals surface area (Å²) < 4.78 is 1.98. The van der Waals surface area contributed by atoms with Gasteiger partial charge in [-0.05, 0) is 40.0 Å². The van der Waals surface area contributed by atoms with Crippen LogP contribution in [0, 0.1) is 29.1 Å². The Hall–Kier alpha value is -2.32. The Balaban J connectivity index is 0.000000490. The predicted molar refractivity (Wildman–Crippen MR) is 111 cm³/mol. The molecule has 0 aliphatic heterocycles. The summed E-state index contributed by atoms with van der Waals surface area (Å²) in [7, 11) is 0. The number of nitrogens with zero attached hydrogens (tertiary/aromatic N) is 4. The molecular formula is C20H28ClN5O2. The monoisotopic (exact) mass is 405 g/mol. The molecule has 0 bridgehead atoms. The van der Waals surface area contributed by atoms with Crippen LogP contribution in [0.15, 0.2) is 6.33 Å². The first-order valence-corrected chi connectivity index (χ1v) is 9.62. The molecular weight excluding hydrogens is 378 g/mol. The minimum atomic E-state index is -1.50. The Morgan fingerprint density at radius 2 is 1.93 bits per heavy atom. The number of imidazole rings is 1. The number of aromatic nitrogens is 3.